The van der Waals surface area contributed by atoms with Gasteiger partial charge >= 0.3 is 0 Å². The third-order valence-electron chi connectivity index (χ3n) is 2.37. The molecule has 1 amide bonds. The number of carbonyl (C=O) groups is 1. The van der Waals surface area contributed by atoms with E-state index in [-0.39, 0.29) is 5.75 Å². The molecule has 1 unspecified atom stereocenters. The predicted molar refractivity (Wildman–Crippen MR) is 55.8 cm³/mol. The second kappa shape index (κ2) is 5.80. The molecule has 0 bridgehead atoms. The molecule has 94 valence electrons. The predicted octanol–water partition coefficient (Wildman–Crippen LogP) is -3.17. The SMILES string of the molecule is O=C(CS)N[C@@H]1[C@@H](O)[C@@H](O)C(CO)O[C@@H]1O. The highest BCUT2D eigenvalue weighted by atomic mass is 32.1. The van der Waals surface area contributed by atoms with Gasteiger partial charge < -0.3 is 30.5 Å². The fourth-order valence-electron chi connectivity index (χ4n) is 1.48. The van der Waals surface area contributed by atoms with Gasteiger partial charge in [-0.25, -0.2) is 0 Å². The Kier molecular flexibility index (Phi) is 4.96. The number of hydrogen-bond acceptors (Lipinski definition) is 7. The quantitative estimate of drug-likeness (QED) is 0.295. The van der Waals surface area contributed by atoms with Crippen LogP contribution in [0, 0.1) is 0 Å². The maximum absolute atomic E-state index is 11.0. The molecule has 8 heteroatoms. The van der Waals surface area contributed by atoms with Crippen molar-refractivity contribution in [2.45, 2.75) is 30.6 Å². The van der Waals surface area contributed by atoms with Crippen LogP contribution in [0.3, 0.4) is 0 Å². The number of nitrogens with one attached hydrogen (secondary N) is 1. The number of thiol groups is 1. The van der Waals surface area contributed by atoms with Gasteiger partial charge in [-0.2, -0.15) is 12.6 Å². The number of ether oxygens (including phenoxy) is 1. The molecule has 0 spiro atoms. The maximum Gasteiger partial charge on any atom is 0.230 e. The van der Waals surface area contributed by atoms with Crippen molar-refractivity contribution in [3.05, 3.63) is 0 Å². The van der Waals surface area contributed by atoms with Crippen molar-refractivity contribution in [2.75, 3.05) is 12.4 Å². The molecule has 1 aliphatic heterocycles. The molecule has 1 heterocycles. The lowest BCUT2D eigenvalue weighted by atomic mass is 9.97. The Bertz CT molecular complexity index is 253. The van der Waals surface area contributed by atoms with Gasteiger partial charge in [0, 0.05) is 0 Å². The first-order valence-electron chi connectivity index (χ1n) is 4.72. The van der Waals surface area contributed by atoms with E-state index in [0.29, 0.717) is 0 Å². The van der Waals surface area contributed by atoms with Gasteiger partial charge in [0.2, 0.25) is 5.91 Å². The van der Waals surface area contributed by atoms with E-state index in [2.05, 4.69) is 17.9 Å². The summed E-state index contributed by atoms with van der Waals surface area (Å²) >= 11 is 3.71. The van der Waals surface area contributed by atoms with Gasteiger partial charge in [-0.3, -0.25) is 4.79 Å². The summed E-state index contributed by atoms with van der Waals surface area (Å²) in [4.78, 5) is 11.0. The number of amides is 1. The van der Waals surface area contributed by atoms with Crippen LogP contribution < -0.4 is 5.32 Å². The molecule has 5 N–H and O–H groups in total. The van der Waals surface area contributed by atoms with Gasteiger partial charge in [-0.05, 0) is 0 Å². The van der Waals surface area contributed by atoms with Crippen LogP contribution in [-0.2, 0) is 9.53 Å². The van der Waals surface area contributed by atoms with Crippen molar-refractivity contribution in [3.8, 4) is 0 Å². The summed E-state index contributed by atoms with van der Waals surface area (Å²) in [6.07, 6.45) is -5.35. The van der Waals surface area contributed by atoms with Crippen LogP contribution in [0.4, 0.5) is 0 Å². The average molecular weight is 253 g/mol. The fourth-order valence-corrected chi connectivity index (χ4v) is 1.58. The standard InChI is InChI=1S/C8H15NO6S/c10-1-3-6(12)7(13)5(8(14)15-3)9-4(11)2-16/h3,5-8,10,12-14,16H,1-2H2,(H,9,11)/t3?,5-,6+,7-,8+/m1/s1. The number of aliphatic hydroxyl groups is 4. The highest BCUT2D eigenvalue weighted by molar-refractivity contribution is 7.81. The first kappa shape index (κ1) is 13.7. The molecule has 1 aliphatic rings. The van der Waals surface area contributed by atoms with Gasteiger partial charge in [0.15, 0.2) is 6.29 Å². The molecule has 0 aromatic carbocycles. The Morgan fingerprint density at radius 1 is 1.31 bits per heavy atom. The smallest absolute Gasteiger partial charge is 0.230 e. The highest BCUT2D eigenvalue weighted by Gasteiger charge is 2.44. The molecule has 0 saturated carbocycles. The molecule has 16 heavy (non-hydrogen) atoms. The molecule has 0 aromatic rings. The van der Waals surface area contributed by atoms with Crippen LogP contribution in [0.25, 0.3) is 0 Å². The molecular formula is C8H15NO6S. The molecule has 7 nitrogen and oxygen atoms in total. The van der Waals surface area contributed by atoms with Crippen LogP contribution in [0.2, 0.25) is 0 Å². The van der Waals surface area contributed by atoms with Crippen molar-refractivity contribution in [2.24, 2.45) is 0 Å². The highest BCUT2D eigenvalue weighted by Crippen LogP contribution is 2.19. The second-order valence-electron chi connectivity index (χ2n) is 3.48. The lowest BCUT2D eigenvalue weighted by molar-refractivity contribution is -0.253. The largest absolute Gasteiger partial charge is 0.394 e. The summed E-state index contributed by atoms with van der Waals surface area (Å²) in [5.41, 5.74) is 0. The topological polar surface area (TPSA) is 119 Å². The van der Waals surface area contributed by atoms with Crippen LogP contribution >= 0.6 is 12.6 Å². The summed E-state index contributed by atoms with van der Waals surface area (Å²) in [5.74, 6) is -0.625. The van der Waals surface area contributed by atoms with Gasteiger partial charge in [-0.1, -0.05) is 0 Å². The zero-order valence-corrected chi connectivity index (χ0v) is 9.25. The van der Waals surface area contributed by atoms with E-state index in [0.717, 1.165) is 0 Å². The Morgan fingerprint density at radius 2 is 1.94 bits per heavy atom. The van der Waals surface area contributed by atoms with E-state index in [1.54, 1.807) is 0 Å². The minimum absolute atomic E-state index is 0.116. The average Bonchev–Trinajstić information content (AvgIpc) is 2.28. The number of hydrogen-bond donors (Lipinski definition) is 6. The molecule has 0 aliphatic carbocycles. The summed E-state index contributed by atoms with van der Waals surface area (Å²) in [5, 5.41) is 39.6. The second-order valence-corrected chi connectivity index (χ2v) is 3.80. The van der Waals surface area contributed by atoms with E-state index in [1.165, 1.54) is 0 Å². The van der Waals surface area contributed by atoms with E-state index >= 15 is 0 Å². The summed E-state index contributed by atoms with van der Waals surface area (Å²) in [6, 6.07) is -1.14. The molecule has 0 radical (unpaired) electrons. The van der Waals surface area contributed by atoms with Gasteiger partial charge in [-0.15, -0.1) is 0 Å². The Hall–Kier alpha value is -0.380. The van der Waals surface area contributed by atoms with Gasteiger partial charge in [0.1, 0.15) is 24.4 Å². The summed E-state index contributed by atoms with van der Waals surface area (Å²) in [6.45, 7) is -0.539. The molecule has 5 atom stereocenters. The Labute approximate surface area is 97.4 Å². The molecule has 1 saturated heterocycles. The first-order chi connectivity index (χ1) is 7.51. The lowest BCUT2D eigenvalue weighted by Gasteiger charge is -2.40. The molecular weight excluding hydrogens is 238 g/mol. The third kappa shape index (κ3) is 2.84. The normalized spacial score (nSPS) is 39.4. The van der Waals surface area contributed by atoms with Gasteiger partial charge in [0.25, 0.3) is 0 Å². The molecule has 1 fully saturated rings. The summed E-state index contributed by atoms with van der Waals surface area (Å²) in [7, 11) is 0. The van der Waals surface area contributed by atoms with Crippen molar-refractivity contribution in [1.29, 1.82) is 0 Å². The van der Waals surface area contributed by atoms with Crippen molar-refractivity contribution in [3.63, 3.8) is 0 Å². The van der Waals surface area contributed by atoms with Crippen LogP contribution in [0.1, 0.15) is 0 Å². The maximum atomic E-state index is 11.0. The monoisotopic (exact) mass is 253 g/mol. The fraction of sp³-hybridized carbons (Fsp3) is 0.875. The van der Waals surface area contributed by atoms with Crippen LogP contribution in [0.5, 0.6) is 0 Å². The zero-order chi connectivity index (χ0) is 12.3. The first-order valence-corrected chi connectivity index (χ1v) is 5.35. The van der Waals surface area contributed by atoms with E-state index in [1.807, 2.05) is 0 Å². The lowest BCUT2D eigenvalue weighted by Crippen LogP contribution is -2.64. The van der Waals surface area contributed by atoms with Crippen LogP contribution in [-0.4, -0.2) is 69.3 Å². The van der Waals surface area contributed by atoms with E-state index in [9.17, 15) is 20.1 Å². The van der Waals surface area contributed by atoms with E-state index < -0.39 is 43.2 Å². The van der Waals surface area contributed by atoms with Crippen molar-refractivity contribution >= 4 is 18.5 Å². The van der Waals surface area contributed by atoms with E-state index in [4.69, 9.17) is 9.84 Å². The molecule has 1 rings (SSSR count). The number of aliphatic hydroxyl groups excluding tert-OH is 4. The Morgan fingerprint density at radius 3 is 2.44 bits per heavy atom. The third-order valence-corrected chi connectivity index (χ3v) is 2.66. The number of carbonyl (C=O) groups excluding carboxylic acids is 1. The number of rotatable bonds is 3. The minimum Gasteiger partial charge on any atom is -0.394 e. The Balaban J connectivity index is 2.67. The summed E-state index contributed by atoms with van der Waals surface area (Å²) < 4.78 is 4.83. The minimum atomic E-state index is -1.49. The zero-order valence-electron chi connectivity index (χ0n) is 8.35. The van der Waals surface area contributed by atoms with Crippen molar-refractivity contribution in [1.82, 2.24) is 5.32 Å². The van der Waals surface area contributed by atoms with Gasteiger partial charge in [0.05, 0.1) is 12.4 Å². The molecule has 0 aromatic heterocycles. The van der Waals surface area contributed by atoms with Crippen LogP contribution in [0.15, 0.2) is 0 Å². The van der Waals surface area contributed by atoms with Crippen molar-refractivity contribution < 1.29 is 30.0 Å².